The molecular weight excluding hydrogens is 456 g/mol. The van der Waals surface area contributed by atoms with E-state index in [1.54, 1.807) is 0 Å². The Morgan fingerprint density at radius 1 is 1.11 bits per heavy atom. The van der Waals surface area contributed by atoms with Crippen molar-refractivity contribution in [1.82, 2.24) is 10.2 Å². The molecule has 0 unspecified atom stereocenters. The number of benzene rings is 2. The van der Waals surface area contributed by atoms with E-state index in [0.717, 1.165) is 56.2 Å². The summed E-state index contributed by atoms with van der Waals surface area (Å²) < 4.78 is 19.0. The van der Waals surface area contributed by atoms with Gasteiger partial charge in [-0.15, -0.1) is 24.0 Å². The van der Waals surface area contributed by atoms with Crippen molar-refractivity contribution in [2.75, 3.05) is 26.7 Å². The average Bonchev–Trinajstić information content (AvgIpc) is 2.68. The van der Waals surface area contributed by atoms with Crippen LogP contribution in [0.2, 0.25) is 0 Å². The number of hydrogen-bond donors (Lipinski definition) is 1. The minimum absolute atomic E-state index is 0. The Labute approximate surface area is 177 Å². The van der Waals surface area contributed by atoms with Gasteiger partial charge >= 0.3 is 0 Å². The first-order valence-electron chi connectivity index (χ1n) is 9.16. The fourth-order valence-electron chi connectivity index (χ4n) is 3.18. The molecule has 0 atom stereocenters. The van der Waals surface area contributed by atoms with Crippen LogP contribution in [0.5, 0.6) is 5.75 Å². The summed E-state index contributed by atoms with van der Waals surface area (Å²) >= 11 is 0. The van der Waals surface area contributed by atoms with Gasteiger partial charge in [-0.1, -0.05) is 30.3 Å². The normalized spacial score (nSPS) is 15.2. The highest BCUT2D eigenvalue weighted by Gasteiger charge is 2.22. The van der Waals surface area contributed by atoms with Crippen LogP contribution in [0.3, 0.4) is 0 Å². The Morgan fingerprint density at radius 3 is 2.41 bits per heavy atom. The number of ether oxygens (including phenoxy) is 1. The molecule has 6 heteroatoms. The molecule has 0 aliphatic carbocycles. The maximum absolute atomic E-state index is 13.0. The predicted octanol–water partition coefficient (Wildman–Crippen LogP) is 4.11. The van der Waals surface area contributed by atoms with E-state index in [9.17, 15) is 4.39 Å². The topological polar surface area (TPSA) is 36.9 Å². The van der Waals surface area contributed by atoms with Crippen LogP contribution >= 0.6 is 24.0 Å². The van der Waals surface area contributed by atoms with E-state index in [2.05, 4.69) is 15.2 Å². The number of para-hydroxylation sites is 1. The van der Waals surface area contributed by atoms with Crippen molar-refractivity contribution in [2.45, 2.75) is 25.4 Å². The zero-order chi connectivity index (χ0) is 18.2. The van der Waals surface area contributed by atoms with Crippen LogP contribution in [-0.4, -0.2) is 43.6 Å². The van der Waals surface area contributed by atoms with Gasteiger partial charge in [-0.25, -0.2) is 4.39 Å². The lowest BCUT2D eigenvalue weighted by Gasteiger charge is -2.34. The van der Waals surface area contributed by atoms with Crippen molar-refractivity contribution in [1.29, 1.82) is 0 Å². The predicted molar refractivity (Wildman–Crippen MR) is 119 cm³/mol. The second-order valence-corrected chi connectivity index (χ2v) is 6.47. The molecule has 0 amide bonds. The summed E-state index contributed by atoms with van der Waals surface area (Å²) in [5.41, 5.74) is 1.12. The van der Waals surface area contributed by atoms with Gasteiger partial charge in [-0.05, 0) is 36.2 Å². The fourth-order valence-corrected chi connectivity index (χ4v) is 3.18. The van der Waals surface area contributed by atoms with Gasteiger partial charge in [0.2, 0.25) is 0 Å². The van der Waals surface area contributed by atoms with E-state index >= 15 is 0 Å². The van der Waals surface area contributed by atoms with Crippen molar-refractivity contribution in [2.24, 2.45) is 4.99 Å². The molecule has 2 aromatic carbocycles. The first kappa shape index (κ1) is 21.5. The van der Waals surface area contributed by atoms with Gasteiger partial charge in [0.15, 0.2) is 5.96 Å². The maximum Gasteiger partial charge on any atom is 0.193 e. The van der Waals surface area contributed by atoms with E-state index in [1.165, 1.54) is 12.1 Å². The van der Waals surface area contributed by atoms with Gasteiger partial charge in [0, 0.05) is 39.5 Å². The highest BCUT2D eigenvalue weighted by Crippen LogP contribution is 2.18. The number of halogens is 2. The zero-order valence-corrected chi connectivity index (χ0v) is 17.9. The summed E-state index contributed by atoms with van der Waals surface area (Å²) in [6.07, 6.45) is 3.06. The third-order valence-corrected chi connectivity index (χ3v) is 4.61. The molecule has 3 rings (SSSR count). The Kier molecular flexibility index (Phi) is 8.84. The van der Waals surface area contributed by atoms with Crippen molar-refractivity contribution in [3.8, 4) is 5.75 Å². The number of nitrogens with zero attached hydrogens (tertiary/aromatic N) is 2. The average molecular weight is 483 g/mol. The molecule has 146 valence electrons. The number of piperidine rings is 1. The highest BCUT2D eigenvalue weighted by atomic mass is 127. The molecule has 27 heavy (non-hydrogen) atoms. The largest absolute Gasteiger partial charge is 0.490 e. The van der Waals surface area contributed by atoms with Gasteiger partial charge < -0.3 is 15.0 Å². The monoisotopic (exact) mass is 483 g/mol. The van der Waals surface area contributed by atoms with E-state index in [1.807, 2.05) is 49.5 Å². The number of rotatable bonds is 5. The molecule has 0 radical (unpaired) electrons. The summed E-state index contributed by atoms with van der Waals surface area (Å²) in [6.45, 7) is 2.63. The number of likely N-dealkylation sites (tertiary alicyclic amines) is 1. The Balaban J connectivity index is 0.00000261. The molecule has 4 nitrogen and oxygen atoms in total. The second-order valence-electron chi connectivity index (χ2n) is 6.47. The van der Waals surface area contributed by atoms with Gasteiger partial charge in [-0.2, -0.15) is 0 Å². The molecule has 0 spiro atoms. The molecule has 1 aliphatic heterocycles. The first-order valence-corrected chi connectivity index (χ1v) is 9.16. The quantitative estimate of drug-likeness (QED) is 0.395. The maximum atomic E-state index is 13.0. The van der Waals surface area contributed by atoms with Crippen molar-refractivity contribution in [3.05, 3.63) is 66.0 Å². The molecule has 0 bridgehead atoms. The van der Waals surface area contributed by atoms with Crippen LogP contribution in [0.1, 0.15) is 18.4 Å². The Bertz CT molecular complexity index is 701. The Hall–Kier alpha value is -1.83. The number of nitrogens with one attached hydrogen (secondary N) is 1. The molecule has 1 aliphatic rings. The molecule has 1 saturated heterocycles. The molecule has 1 N–H and O–H groups in total. The number of hydrogen-bond acceptors (Lipinski definition) is 2. The van der Waals surface area contributed by atoms with E-state index in [4.69, 9.17) is 4.74 Å². The van der Waals surface area contributed by atoms with Crippen LogP contribution in [-0.2, 0) is 6.42 Å². The number of guanidine groups is 1. The molecule has 0 saturated carbocycles. The van der Waals surface area contributed by atoms with Crippen molar-refractivity contribution >= 4 is 29.9 Å². The summed E-state index contributed by atoms with van der Waals surface area (Å²) in [5, 5.41) is 3.41. The summed E-state index contributed by atoms with van der Waals surface area (Å²) in [6, 6.07) is 16.7. The van der Waals surface area contributed by atoms with Crippen LogP contribution in [0.15, 0.2) is 59.6 Å². The van der Waals surface area contributed by atoms with Crippen LogP contribution in [0.4, 0.5) is 4.39 Å². The van der Waals surface area contributed by atoms with Gasteiger partial charge in [0.1, 0.15) is 17.7 Å². The molecular formula is C21H27FIN3O. The van der Waals surface area contributed by atoms with Crippen LogP contribution in [0.25, 0.3) is 0 Å². The van der Waals surface area contributed by atoms with E-state index < -0.39 is 0 Å². The minimum Gasteiger partial charge on any atom is -0.490 e. The van der Waals surface area contributed by atoms with E-state index in [-0.39, 0.29) is 35.9 Å². The summed E-state index contributed by atoms with van der Waals surface area (Å²) in [4.78, 5) is 6.67. The van der Waals surface area contributed by atoms with Crippen LogP contribution in [0, 0.1) is 5.82 Å². The third-order valence-electron chi connectivity index (χ3n) is 4.61. The third kappa shape index (κ3) is 6.68. The first-order chi connectivity index (χ1) is 12.7. The zero-order valence-electron chi connectivity index (χ0n) is 15.6. The minimum atomic E-state index is -0.196. The van der Waals surface area contributed by atoms with Crippen LogP contribution < -0.4 is 10.1 Å². The van der Waals surface area contributed by atoms with Crippen molar-refractivity contribution in [3.63, 3.8) is 0 Å². The lowest BCUT2D eigenvalue weighted by atomic mass is 10.1. The lowest BCUT2D eigenvalue weighted by Crippen LogP contribution is -2.47. The second kappa shape index (κ2) is 11.1. The molecule has 1 heterocycles. The SMILES string of the molecule is CN=C(NCCc1ccc(F)cc1)N1CCC(Oc2ccccc2)CC1.I. The summed E-state index contributed by atoms with van der Waals surface area (Å²) in [5.74, 6) is 1.66. The lowest BCUT2D eigenvalue weighted by molar-refractivity contribution is 0.129. The standard InChI is InChI=1S/C21H26FN3O.HI/c1-23-21(24-14-11-17-7-9-18(22)10-8-17)25-15-12-20(13-16-25)26-19-5-3-2-4-6-19;/h2-10,20H,11-16H2,1H3,(H,23,24);1H. The van der Waals surface area contributed by atoms with Gasteiger partial charge in [0.25, 0.3) is 0 Å². The Morgan fingerprint density at radius 2 is 1.78 bits per heavy atom. The van der Waals surface area contributed by atoms with E-state index in [0.29, 0.717) is 0 Å². The molecule has 1 fully saturated rings. The molecule has 0 aromatic heterocycles. The van der Waals surface area contributed by atoms with Gasteiger partial charge in [0.05, 0.1) is 0 Å². The van der Waals surface area contributed by atoms with Crippen molar-refractivity contribution < 1.29 is 9.13 Å². The highest BCUT2D eigenvalue weighted by molar-refractivity contribution is 14.0. The molecule has 2 aromatic rings. The fraction of sp³-hybridized carbons (Fsp3) is 0.381. The summed E-state index contributed by atoms with van der Waals surface area (Å²) in [7, 11) is 1.81. The number of aliphatic imine (C=N–C) groups is 1. The van der Waals surface area contributed by atoms with Gasteiger partial charge in [-0.3, -0.25) is 4.99 Å². The smallest absolute Gasteiger partial charge is 0.193 e.